The Morgan fingerprint density at radius 2 is 2.00 bits per heavy atom. The molecule has 2 aromatic rings. The Morgan fingerprint density at radius 1 is 1.22 bits per heavy atom. The molecule has 0 fully saturated rings. The first kappa shape index (κ1) is 10.7. The van der Waals surface area contributed by atoms with Gasteiger partial charge in [0.15, 0.2) is 17.8 Å². The van der Waals surface area contributed by atoms with Gasteiger partial charge >= 0.3 is 6.29 Å². The lowest BCUT2D eigenvalue weighted by molar-refractivity contribution is -0.286. The van der Waals surface area contributed by atoms with Crippen LogP contribution in [0.25, 0.3) is 11.5 Å². The Hall–Kier alpha value is -2.44. The number of hydrogen-bond acceptors (Lipinski definition) is 5. The lowest BCUT2D eigenvalue weighted by Gasteiger charge is -2.04. The van der Waals surface area contributed by atoms with E-state index >= 15 is 0 Å². The molecule has 2 heterocycles. The van der Waals surface area contributed by atoms with Crippen LogP contribution in [0.15, 0.2) is 28.9 Å². The van der Waals surface area contributed by atoms with Crippen LogP contribution in [-0.4, -0.2) is 17.6 Å². The quantitative estimate of drug-likeness (QED) is 0.769. The van der Waals surface area contributed by atoms with Crippen LogP contribution in [0.4, 0.5) is 8.78 Å². The van der Waals surface area contributed by atoms with Crippen molar-refractivity contribution >= 4 is 6.29 Å². The maximum absolute atomic E-state index is 12.8. The first-order valence-corrected chi connectivity index (χ1v) is 4.88. The van der Waals surface area contributed by atoms with Gasteiger partial charge < -0.3 is 13.9 Å². The van der Waals surface area contributed by atoms with E-state index in [1.165, 1.54) is 24.5 Å². The number of carbonyl (C=O) groups excluding carboxylic acids is 1. The number of nitrogens with zero attached hydrogens (tertiary/aromatic N) is 1. The maximum atomic E-state index is 12.8. The Kier molecular flexibility index (Phi) is 2.09. The third kappa shape index (κ3) is 1.69. The third-order valence-corrected chi connectivity index (χ3v) is 2.29. The van der Waals surface area contributed by atoms with Crippen molar-refractivity contribution in [2.45, 2.75) is 6.29 Å². The zero-order valence-corrected chi connectivity index (χ0v) is 8.72. The van der Waals surface area contributed by atoms with Crippen molar-refractivity contribution in [3.63, 3.8) is 0 Å². The fourth-order valence-corrected chi connectivity index (χ4v) is 1.55. The zero-order chi connectivity index (χ0) is 12.8. The minimum Gasteiger partial charge on any atom is -0.444 e. The maximum Gasteiger partial charge on any atom is 0.586 e. The van der Waals surface area contributed by atoms with E-state index in [4.69, 9.17) is 4.42 Å². The summed E-state index contributed by atoms with van der Waals surface area (Å²) < 4.78 is 39.2. The molecule has 5 nitrogen and oxygen atoms in total. The molecule has 0 N–H and O–H groups in total. The van der Waals surface area contributed by atoms with Gasteiger partial charge in [-0.3, -0.25) is 4.79 Å². The van der Waals surface area contributed by atoms with Gasteiger partial charge in [0.2, 0.25) is 5.89 Å². The number of halogens is 2. The lowest BCUT2D eigenvalue weighted by atomic mass is 10.2. The number of oxazole rings is 1. The second kappa shape index (κ2) is 3.52. The molecule has 18 heavy (non-hydrogen) atoms. The number of hydrogen-bond donors (Lipinski definition) is 0. The van der Waals surface area contributed by atoms with Crippen LogP contribution >= 0.6 is 0 Å². The highest BCUT2D eigenvalue weighted by atomic mass is 19.3. The van der Waals surface area contributed by atoms with Crippen LogP contribution in [0.5, 0.6) is 11.5 Å². The molecule has 0 atom stereocenters. The first-order chi connectivity index (χ1) is 8.57. The SMILES string of the molecule is O=Cc1coc(-c2ccc3c(c2)OC(F)(F)O3)n1. The summed E-state index contributed by atoms with van der Waals surface area (Å²) in [5, 5.41) is 0. The van der Waals surface area contributed by atoms with Crippen LogP contribution in [0, 0.1) is 0 Å². The fraction of sp³-hybridized carbons (Fsp3) is 0.0909. The van der Waals surface area contributed by atoms with Gasteiger partial charge in [-0.25, -0.2) is 4.98 Å². The number of aldehydes is 1. The predicted molar refractivity (Wildman–Crippen MR) is 53.5 cm³/mol. The summed E-state index contributed by atoms with van der Waals surface area (Å²) in [7, 11) is 0. The molecule has 92 valence electrons. The Labute approximate surface area is 98.9 Å². The summed E-state index contributed by atoms with van der Waals surface area (Å²) in [6.45, 7) is 0. The Morgan fingerprint density at radius 3 is 2.72 bits per heavy atom. The average Bonchev–Trinajstić information content (AvgIpc) is 2.89. The molecule has 0 radical (unpaired) electrons. The van der Waals surface area contributed by atoms with Crippen molar-refractivity contribution in [1.82, 2.24) is 4.98 Å². The van der Waals surface area contributed by atoms with Crippen molar-refractivity contribution in [3.05, 3.63) is 30.2 Å². The number of benzene rings is 1. The molecule has 0 bridgehead atoms. The van der Waals surface area contributed by atoms with Gasteiger partial charge in [0.1, 0.15) is 12.0 Å². The average molecular weight is 253 g/mol. The Balaban J connectivity index is 1.99. The molecular formula is C11H5F2NO4. The van der Waals surface area contributed by atoms with Gasteiger partial charge in [0, 0.05) is 5.56 Å². The molecule has 1 aliphatic rings. The predicted octanol–water partition coefficient (Wildman–Crippen LogP) is 2.48. The molecule has 1 aromatic carbocycles. The lowest BCUT2D eigenvalue weighted by Crippen LogP contribution is -2.25. The smallest absolute Gasteiger partial charge is 0.444 e. The monoisotopic (exact) mass is 253 g/mol. The molecule has 7 heteroatoms. The molecule has 3 rings (SSSR count). The summed E-state index contributed by atoms with van der Waals surface area (Å²) >= 11 is 0. The van der Waals surface area contributed by atoms with Crippen LogP contribution < -0.4 is 9.47 Å². The summed E-state index contributed by atoms with van der Waals surface area (Å²) in [6.07, 6.45) is -1.97. The normalized spacial score (nSPS) is 15.7. The van der Waals surface area contributed by atoms with Crippen molar-refractivity contribution in [3.8, 4) is 23.0 Å². The van der Waals surface area contributed by atoms with Gasteiger partial charge in [0.25, 0.3) is 0 Å². The second-order valence-corrected chi connectivity index (χ2v) is 3.52. The summed E-state index contributed by atoms with van der Waals surface area (Å²) in [4.78, 5) is 14.3. The van der Waals surface area contributed by atoms with Crippen LogP contribution in [0.3, 0.4) is 0 Å². The van der Waals surface area contributed by atoms with Gasteiger partial charge in [-0.15, -0.1) is 8.78 Å². The van der Waals surface area contributed by atoms with Crippen molar-refractivity contribution in [2.24, 2.45) is 0 Å². The molecular weight excluding hydrogens is 248 g/mol. The van der Waals surface area contributed by atoms with E-state index in [0.29, 0.717) is 11.8 Å². The highest BCUT2D eigenvalue weighted by molar-refractivity contribution is 5.72. The van der Waals surface area contributed by atoms with E-state index in [1.54, 1.807) is 0 Å². The number of aromatic nitrogens is 1. The summed E-state index contributed by atoms with van der Waals surface area (Å²) in [6, 6.07) is 4.09. The minimum atomic E-state index is -3.66. The van der Waals surface area contributed by atoms with E-state index in [-0.39, 0.29) is 23.1 Å². The van der Waals surface area contributed by atoms with Crippen molar-refractivity contribution in [1.29, 1.82) is 0 Å². The molecule has 0 spiro atoms. The molecule has 1 aromatic heterocycles. The fourth-order valence-electron chi connectivity index (χ4n) is 1.55. The van der Waals surface area contributed by atoms with Gasteiger partial charge in [-0.1, -0.05) is 0 Å². The van der Waals surface area contributed by atoms with E-state index in [2.05, 4.69) is 14.5 Å². The standard InChI is InChI=1S/C11H5F2NO4/c12-11(13)17-8-2-1-6(3-9(8)18-11)10-14-7(4-15)5-16-10/h1-5H. The summed E-state index contributed by atoms with van der Waals surface area (Å²) in [5.74, 6) is -0.0343. The van der Waals surface area contributed by atoms with Gasteiger partial charge in [-0.2, -0.15) is 0 Å². The molecule has 0 aliphatic carbocycles. The van der Waals surface area contributed by atoms with E-state index in [1.807, 2.05) is 0 Å². The minimum absolute atomic E-state index is 0.0640. The highest BCUT2D eigenvalue weighted by Gasteiger charge is 2.43. The number of fused-ring (bicyclic) bond motifs is 1. The largest absolute Gasteiger partial charge is 0.586 e. The number of alkyl halides is 2. The number of ether oxygens (including phenoxy) is 2. The molecule has 0 unspecified atom stereocenters. The van der Waals surface area contributed by atoms with Crippen molar-refractivity contribution in [2.75, 3.05) is 0 Å². The van der Waals surface area contributed by atoms with E-state index in [9.17, 15) is 13.6 Å². The van der Waals surface area contributed by atoms with E-state index < -0.39 is 6.29 Å². The number of rotatable bonds is 2. The third-order valence-electron chi connectivity index (χ3n) is 2.29. The zero-order valence-electron chi connectivity index (χ0n) is 8.72. The van der Waals surface area contributed by atoms with Crippen molar-refractivity contribution < 1.29 is 27.5 Å². The topological polar surface area (TPSA) is 61.6 Å². The summed E-state index contributed by atoms with van der Waals surface area (Å²) in [5.41, 5.74) is 0.524. The molecule has 0 saturated heterocycles. The van der Waals surface area contributed by atoms with Crippen LogP contribution in [0.2, 0.25) is 0 Å². The molecule has 1 aliphatic heterocycles. The van der Waals surface area contributed by atoms with Crippen LogP contribution in [0.1, 0.15) is 10.5 Å². The number of carbonyl (C=O) groups is 1. The van der Waals surface area contributed by atoms with Gasteiger partial charge in [0.05, 0.1) is 0 Å². The highest BCUT2D eigenvalue weighted by Crippen LogP contribution is 2.42. The first-order valence-electron chi connectivity index (χ1n) is 4.88. The van der Waals surface area contributed by atoms with E-state index in [0.717, 1.165) is 0 Å². The Bertz CT molecular complexity index is 623. The molecule has 0 saturated carbocycles. The molecule has 0 amide bonds. The van der Waals surface area contributed by atoms with Crippen LogP contribution in [-0.2, 0) is 0 Å². The van der Waals surface area contributed by atoms with Gasteiger partial charge in [-0.05, 0) is 18.2 Å². The second-order valence-electron chi connectivity index (χ2n) is 3.52.